The Labute approximate surface area is 98.5 Å². The molecule has 0 aromatic heterocycles. The Morgan fingerprint density at radius 3 is 3.06 bits per heavy atom. The van der Waals surface area contributed by atoms with Crippen molar-refractivity contribution >= 4 is 29.4 Å². The maximum atomic E-state index is 10.6. The molecule has 0 bridgehead atoms. The molecule has 0 atom stereocenters. The monoisotopic (exact) mass is 235 g/mol. The Morgan fingerprint density at radius 1 is 1.44 bits per heavy atom. The lowest BCUT2D eigenvalue weighted by molar-refractivity contribution is -0.118. The molecule has 0 saturated heterocycles. The molecule has 0 unspecified atom stereocenters. The molecule has 0 radical (unpaired) electrons. The van der Waals surface area contributed by atoms with Gasteiger partial charge < -0.3 is 11.1 Å². The second kappa shape index (κ2) is 5.03. The summed E-state index contributed by atoms with van der Waals surface area (Å²) in [7, 11) is 0. The van der Waals surface area contributed by atoms with Crippen LogP contribution in [0.5, 0.6) is 0 Å². The van der Waals surface area contributed by atoms with Crippen molar-refractivity contribution < 1.29 is 4.79 Å². The molecule has 0 aliphatic carbocycles. The zero-order chi connectivity index (χ0) is 11.4. The predicted octanol–water partition coefficient (Wildman–Crippen LogP) is 2.17. The molecular formula is C11H13N3OS. The number of anilines is 1. The molecule has 0 spiro atoms. The lowest BCUT2D eigenvalue weighted by Gasteiger charge is -2.16. The number of fused-ring (bicyclic) bond motifs is 1. The maximum Gasteiger partial charge on any atom is 0.217 e. The van der Waals surface area contributed by atoms with Gasteiger partial charge >= 0.3 is 0 Å². The molecule has 5 heteroatoms. The fourth-order valence-corrected chi connectivity index (χ4v) is 2.17. The molecule has 4 nitrogen and oxygen atoms in total. The highest BCUT2D eigenvalue weighted by Gasteiger charge is 2.11. The van der Waals surface area contributed by atoms with E-state index in [2.05, 4.69) is 9.71 Å². The van der Waals surface area contributed by atoms with E-state index in [4.69, 9.17) is 5.73 Å². The minimum absolute atomic E-state index is 0.260. The van der Waals surface area contributed by atoms with Gasteiger partial charge in [0.2, 0.25) is 5.91 Å². The van der Waals surface area contributed by atoms with Crippen molar-refractivity contribution in [1.29, 1.82) is 0 Å². The fraction of sp³-hybridized carbons (Fsp3) is 0.273. The van der Waals surface area contributed by atoms with Gasteiger partial charge in [0.25, 0.3) is 0 Å². The van der Waals surface area contributed by atoms with Crippen molar-refractivity contribution in [1.82, 2.24) is 0 Å². The van der Waals surface area contributed by atoms with Crippen LogP contribution >= 0.6 is 11.9 Å². The number of para-hydroxylation sites is 1. The van der Waals surface area contributed by atoms with Crippen LogP contribution in [-0.4, -0.2) is 11.7 Å². The van der Waals surface area contributed by atoms with E-state index in [9.17, 15) is 4.79 Å². The highest BCUT2D eigenvalue weighted by atomic mass is 32.2. The van der Waals surface area contributed by atoms with Crippen LogP contribution in [0.4, 0.5) is 5.69 Å². The lowest BCUT2D eigenvalue weighted by atomic mass is 10.2. The van der Waals surface area contributed by atoms with Gasteiger partial charge in [-0.3, -0.25) is 4.79 Å². The number of hydrogen-bond acceptors (Lipinski definition) is 4. The van der Waals surface area contributed by atoms with E-state index in [1.807, 2.05) is 24.3 Å². The van der Waals surface area contributed by atoms with E-state index in [0.29, 0.717) is 6.42 Å². The average molecular weight is 235 g/mol. The van der Waals surface area contributed by atoms with E-state index >= 15 is 0 Å². The number of hydrogen-bond donors (Lipinski definition) is 2. The van der Waals surface area contributed by atoms with Crippen molar-refractivity contribution in [2.75, 3.05) is 5.32 Å². The number of nitrogens with one attached hydrogen (secondary N) is 1. The zero-order valence-corrected chi connectivity index (χ0v) is 9.59. The van der Waals surface area contributed by atoms with Crippen LogP contribution in [0.1, 0.15) is 19.3 Å². The Balaban J connectivity index is 1.91. The summed E-state index contributed by atoms with van der Waals surface area (Å²) in [5.74, 6) is 0.648. The van der Waals surface area contributed by atoms with Gasteiger partial charge in [0, 0.05) is 24.8 Å². The van der Waals surface area contributed by atoms with Crippen molar-refractivity contribution in [2.45, 2.75) is 24.2 Å². The van der Waals surface area contributed by atoms with Crippen molar-refractivity contribution in [3.05, 3.63) is 24.3 Å². The smallest absolute Gasteiger partial charge is 0.217 e. The lowest BCUT2D eigenvalue weighted by Crippen LogP contribution is -2.16. The number of rotatable bonds is 4. The van der Waals surface area contributed by atoms with E-state index in [1.54, 1.807) is 0 Å². The molecule has 1 aliphatic rings. The first-order valence-corrected chi connectivity index (χ1v) is 5.91. The van der Waals surface area contributed by atoms with Crippen LogP contribution in [0.2, 0.25) is 0 Å². The number of nitrogens with two attached hydrogens (primary N) is 1. The molecule has 1 heterocycles. The third-order valence-electron chi connectivity index (χ3n) is 2.26. The van der Waals surface area contributed by atoms with Crippen molar-refractivity contribution in [2.24, 2.45) is 10.1 Å². The van der Waals surface area contributed by atoms with Gasteiger partial charge in [-0.25, -0.2) is 0 Å². The number of amides is 1. The third kappa shape index (κ3) is 2.76. The highest BCUT2D eigenvalue weighted by molar-refractivity contribution is 7.98. The van der Waals surface area contributed by atoms with Gasteiger partial charge in [-0.05, 0) is 18.6 Å². The normalized spacial score (nSPS) is 13.6. The van der Waals surface area contributed by atoms with Gasteiger partial charge in [0.1, 0.15) is 5.84 Å². The number of carbonyl (C=O) groups is 1. The van der Waals surface area contributed by atoms with E-state index < -0.39 is 0 Å². The van der Waals surface area contributed by atoms with E-state index in [0.717, 1.165) is 29.3 Å². The third-order valence-corrected chi connectivity index (χ3v) is 3.12. The SMILES string of the molecule is NC(=O)CCCC1=NSc2ccccc2N1. The second-order valence-corrected chi connectivity index (χ2v) is 4.38. The molecule has 84 valence electrons. The molecular weight excluding hydrogens is 222 g/mol. The first-order valence-electron chi connectivity index (χ1n) is 5.14. The minimum Gasteiger partial charge on any atom is -0.370 e. The fourth-order valence-electron chi connectivity index (χ4n) is 1.47. The summed E-state index contributed by atoms with van der Waals surface area (Å²) in [6, 6.07) is 8.02. The largest absolute Gasteiger partial charge is 0.370 e. The number of primary amides is 1. The number of benzene rings is 1. The number of carbonyl (C=O) groups excluding carboxylic acids is 1. The maximum absolute atomic E-state index is 10.6. The van der Waals surface area contributed by atoms with Crippen LogP contribution in [-0.2, 0) is 4.79 Å². The van der Waals surface area contributed by atoms with E-state index in [-0.39, 0.29) is 5.91 Å². The summed E-state index contributed by atoms with van der Waals surface area (Å²) in [6.07, 6.45) is 1.90. The molecule has 1 aromatic rings. The summed E-state index contributed by atoms with van der Waals surface area (Å²) in [5, 5.41) is 3.25. The van der Waals surface area contributed by atoms with Crippen molar-refractivity contribution in [3.8, 4) is 0 Å². The Kier molecular flexibility index (Phi) is 3.46. The van der Waals surface area contributed by atoms with Gasteiger partial charge in [0.15, 0.2) is 0 Å². The van der Waals surface area contributed by atoms with E-state index in [1.165, 1.54) is 11.9 Å². The summed E-state index contributed by atoms with van der Waals surface area (Å²) in [5.41, 5.74) is 6.16. The van der Waals surface area contributed by atoms with Crippen LogP contribution in [0, 0.1) is 0 Å². The van der Waals surface area contributed by atoms with Crippen LogP contribution in [0.15, 0.2) is 33.6 Å². The molecule has 0 fully saturated rings. The number of amidine groups is 1. The second-order valence-electron chi connectivity index (χ2n) is 3.57. The standard InChI is InChI=1S/C11H13N3OS/c12-10(15)6-3-7-11-13-8-4-1-2-5-9(8)16-14-11/h1-2,4-5H,3,6-7H2,(H2,12,15)(H,13,14). The van der Waals surface area contributed by atoms with Crippen LogP contribution in [0.25, 0.3) is 0 Å². The summed E-state index contributed by atoms with van der Waals surface area (Å²) in [6.45, 7) is 0. The molecule has 1 aromatic carbocycles. The zero-order valence-electron chi connectivity index (χ0n) is 8.77. The van der Waals surface area contributed by atoms with Gasteiger partial charge in [-0.1, -0.05) is 12.1 Å². The molecule has 0 saturated carbocycles. The molecule has 1 amide bonds. The topological polar surface area (TPSA) is 67.5 Å². The van der Waals surface area contributed by atoms with Gasteiger partial charge in [0.05, 0.1) is 10.6 Å². The number of nitrogens with zero attached hydrogens (tertiary/aromatic N) is 1. The predicted molar refractivity (Wildman–Crippen MR) is 66.4 cm³/mol. The molecule has 16 heavy (non-hydrogen) atoms. The van der Waals surface area contributed by atoms with Gasteiger partial charge in [-0.2, -0.15) is 4.40 Å². The Morgan fingerprint density at radius 2 is 2.25 bits per heavy atom. The minimum atomic E-state index is -0.260. The molecule has 3 N–H and O–H groups in total. The molecule has 2 rings (SSSR count). The summed E-state index contributed by atoms with van der Waals surface area (Å²) in [4.78, 5) is 11.7. The highest BCUT2D eigenvalue weighted by Crippen LogP contribution is 2.32. The van der Waals surface area contributed by atoms with Crippen molar-refractivity contribution in [3.63, 3.8) is 0 Å². The average Bonchev–Trinajstić information content (AvgIpc) is 2.28. The summed E-state index contributed by atoms with van der Waals surface area (Å²) >= 11 is 1.46. The first kappa shape index (κ1) is 11.0. The van der Waals surface area contributed by atoms with Crippen LogP contribution in [0.3, 0.4) is 0 Å². The first-order chi connectivity index (χ1) is 7.75. The Bertz CT molecular complexity index is 431. The Hall–Kier alpha value is -1.49. The quantitative estimate of drug-likeness (QED) is 0.786. The van der Waals surface area contributed by atoms with Gasteiger partial charge in [-0.15, -0.1) is 0 Å². The van der Waals surface area contributed by atoms with Crippen LogP contribution < -0.4 is 11.1 Å². The molecule has 1 aliphatic heterocycles. The summed E-state index contributed by atoms with van der Waals surface area (Å²) < 4.78 is 4.34.